The van der Waals surface area contributed by atoms with E-state index in [9.17, 15) is 4.79 Å². The van der Waals surface area contributed by atoms with Gasteiger partial charge in [0, 0.05) is 17.9 Å². The van der Waals surface area contributed by atoms with E-state index in [2.05, 4.69) is 22.9 Å². The lowest BCUT2D eigenvalue weighted by Crippen LogP contribution is -2.49. The van der Waals surface area contributed by atoms with Gasteiger partial charge in [-0.1, -0.05) is 29.3 Å². The summed E-state index contributed by atoms with van der Waals surface area (Å²) in [5, 5.41) is 0. The van der Waals surface area contributed by atoms with Crippen molar-refractivity contribution in [3.63, 3.8) is 0 Å². The van der Waals surface area contributed by atoms with E-state index < -0.39 is 0 Å². The summed E-state index contributed by atoms with van der Waals surface area (Å²) in [5.74, 6) is 0. The lowest BCUT2D eigenvalue weighted by Gasteiger charge is -2.50. The lowest BCUT2D eigenvalue weighted by atomic mass is 9.63. The van der Waals surface area contributed by atoms with Crippen molar-refractivity contribution in [1.29, 1.82) is 0 Å². The van der Waals surface area contributed by atoms with E-state index in [4.69, 9.17) is 4.74 Å². The number of halogens is 1. The quantitative estimate of drug-likeness (QED) is 0.589. The summed E-state index contributed by atoms with van der Waals surface area (Å²) in [6.07, 6.45) is 6.80. The number of nitrogens with zero attached hydrogens (tertiary/aromatic N) is 1. The molecule has 2 rings (SSSR count). The van der Waals surface area contributed by atoms with Gasteiger partial charge in [0.15, 0.2) is 0 Å². The molecular formula is C13H22BrNO2. The van der Waals surface area contributed by atoms with Crippen LogP contribution in [0.3, 0.4) is 0 Å². The van der Waals surface area contributed by atoms with Crippen LogP contribution in [-0.2, 0) is 4.74 Å². The molecular weight excluding hydrogens is 282 g/mol. The van der Waals surface area contributed by atoms with Crippen LogP contribution in [0.1, 0.15) is 45.4 Å². The third-order valence-electron chi connectivity index (χ3n) is 4.11. The van der Waals surface area contributed by atoms with Gasteiger partial charge < -0.3 is 9.64 Å². The first kappa shape index (κ1) is 13.2. The molecule has 0 N–H and O–H groups in total. The molecule has 1 aliphatic heterocycles. The topological polar surface area (TPSA) is 29.5 Å². The van der Waals surface area contributed by atoms with Gasteiger partial charge in [0.25, 0.3) is 0 Å². The maximum atomic E-state index is 11.7. The number of ether oxygens (including phenoxy) is 1. The maximum absolute atomic E-state index is 11.7. The van der Waals surface area contributed by atoms with Gasteiger partial charge in [0.1, 0.15) is 0 Å². The number of piperidine rings is 1. The van der Waals surface area contributed by atoms with Gasteiger partial charge >= 0.3 is 6.09 Å². The number of hydrogen-bond acceptors (Lipinski definition) is 2. The Labute approximate surface area is 112 Å². The van der Waals surface area contributed by atoms with Gasteiger partial charge in [-0.15, -0.1) is 0 Å². The third kappa shape index (κ3) is 3.15. The summed E-state index contributed by atoms with van der Waals surface area (Å²) in [5.41, 5.74) is 0.536. The first-order valence-electron chi connectivity index (χ1n) is 6.71. The number of carbonyl (C=O) groups excluding carboxylic acids is 1. The number of carbonyl (C=O) groups is 1. The number of likely N-dealkylation sites (tertiary alicyclic amines) is 1. The Balaban J connectivity index is 1.69. The number of hydrogen-bond donors (Lipinski definition) is 0. The second kappa shape index (κ2) is 5.59. The third-order valence-corrected chi connectivity index (χ3v) is 4.76. The van der Waals surface area contributed by atoms with Crippen molar-refractivity contribution in [2.45, 2.75) is 50.3 Å². The van der Waals surface area contributed by atoms with Crippen molar-refractivity contribution < 1.29 is 9.53 Å². The Hall–Kier alpha value is -0.250. The highest BCUT2D eigenvalue weighted by Crippen LogP contribution is 2.51. The second-order valence-corrected chi connectivity index (χ2v) is 6.76. The first-order valence-corrected chi connectivity index (χ1v) is 7.62. The number of rotatable bonds is 3. The van der Waals surface area contributed by atoms with E-state index in [1.807, 2.05) is 4.90 Å². The van der Waals surface area contributed by atoms with Crippen LogP contribution in [0.4, 0.5) is 4.79 Å². The Morgan fingerprint density at radius 1 is 1.41 bits per heavy atom. The molecule has 0 atom stereocenters. The molecule has 1 saturated carbocycles. The molecule has 1 aliphatic carbocycles. The monoisotopic (exact) mass is 303 g/mol. The largest absolute Gasteiger partial charge is 0.449 e. The highest BCUT2D eigenvalue weighted by Gasteiger charge is 2.45. The van der Waals surface area contributed by atoms with Gasteiger partial charge in [-0.25, -0.2) is 4.79 Å². The standard InChI is InChI=1S/C13H22BrNO2/c1-2-3-8-17-12(16)15-6-4-13(5-7-15)9-11(14)10-13/h11H,2-10H2,1H3. The molecule has 1 spiro atoms. The minimum Gasteiger partial charge on any atom is -0.449 e. The van der Waals surface area contributed by atoms with Crippen molar-refractivity contribution in [2.75, 3.05) is 19.7 Å². The van der Waals surface area contributed by atoms with Crippen LogP contribution < -0.4 is 0 Å². The zero-order chi connectivity index (χ0) is 12.3. The van der Waals surface area contributed by atoms with E-state index in [1.165, 1.54) is 12.8 Å². The molecule has 17 heavy (non-hydrogen) atoms. The molecule has 0 aromatic heterocycles. The molecule has 0 aromatic carbocycles. The Morgan fingerprint density at radius 2 is 2.06 bits per heavy atom. The van der Waals surface area contributed by atoms with Crippen molar-refractivity contribution in [2.24, 2.45) is 5.41 Å². The predicted octanol–water partition coefficient (Wildman–Crippen LogP) is 3.56. The maximum Gasteiger partial charge on any atom is 0.409 e. The van der Waals surface area contributed by atoms with Crippen molar-refractivity contribution in [3.05, 3.63) is 0 Å². The second-order valence-electron chi connectivity index (χ2n) is 5.46. The molecule has 1 amide bonds. The highest BCUT2D eigenvalue weighted by atomic mass is 79.9. The minimum atomic E-state index is -0.108. The SMILES string of the molecule is CCCCOC(=O)N1CCC2(CC1)CC(Br)C2. The fourth-order valence-electron chi connectivity index (χ4n) is 2.85. The minimum absolute atomic E-state index is 0.108. The van der Waals surface area contributed by atoms with Crippen LogP contribution >= 0.6 is 15.9 Å². The van der Waals surface area contributed by atoms with E-state index in [-0.39, 0.29) is 6.09 Å². The summed E-state index contributed by atoms with van der Waals surface area (Å²) in [7, 11) is 0. The number of unbranched alkanes of at least 4 members (excludes halogenated alkanes) is 1. The molecule has 2 fully saturated rings. The van der Waals surface area contributed by atoms with Crippen LogP contribution in [0, 0.1) is 5.41 Å². The van der Waals surface area contributed by atoms with Gasteiger partial charge in [-0.3, -0.25) is 0 Å². The van der Waals surface area contributed by atoms with E-state index in [0.717, 1.165) is 38.8 Å². The van der Waals surface area contributed by atoms with Crippen LogP contribution in [0.2, 0.25) is 0 Å². The molecule has 0 aromatic rings. The lowest BCUT2D eigenvalue weighted by molar-refractivity contribution is 0.0304. The number of amides is 1. The van der Waals surface area contributed by atoms with Gasteiger partial charge in [-0.2, -0.15) is 0 Å². The Kier molecular flexibility index (Phi) is 4.34. The predicted molar refractivity (Wildman–Crippen MR) is 71.4 cm³/mol. The van der Waals surface area contributed by atoms with Crippen LogP contribution in [-0.4, -0.2) is 35.5 Å². The number of alkyl halides is 1. The molecule has 2 aliphatic rings. The molecule has 98 valence electrons. The summed E-state index contributed by atoms with van der Waals surface area (Å²) in [6.45, 7) is 4.43. The van der Waals surface area contributed by atoms with Crippen molar-refractivity contribution >= 4 is 22.0 Å². The van der Waals surface area contributed by atoms with Crippen molar-refractivity contribution in [1.82, 2.24) is 4.90 Å². The van der Waals surface area contributed by atoms with E-state index in [1.54, 1.807) is 0 Å². The van der Waals surface area contributed by atoms with Gasteiger partial charge in [-0.05, 0) is 37.5 Å². The van der Waals surface area contributed by atoms with E-state index >= 15 is 0 Å². The Morgan fingerprint density at radius 3 is 2.59 bits per heavy atom. The smallest absolute Gasteiger partial charge is 0.409 e. The summed E-state index contributed by atoms with van der Waals surface area (Å²) >= 11 is 3.65. The molecule has 1 heterocycles. The molecule has 4 heteroatoms. The first-order chi connectivity index (χ1) is 8.15. The summed E-state index contributed by atoms with van der Waals surface area (Å²) < 4.78 is 5.24. The normalized spacial score (nSPS) is 23.5. The molecule has 3 nitrogen and oxygen atoms in total. The van der Waals surface area contributed by atoms with Gasteiger partial charge in [0.05, 0.1) is 6.61 Å². The summed E-state index contributed by atoms with van der Waals surface area (Å²) in [6, 6.07) is 0. The molecule has 0 unspecified atom stereocenters. The van der Waals surface area contributed by atoms with Crippen LogP contribution in [0.15, 0.2) is 0 Å². The average Bonchev–Trinajstić information content (AvgIpc) is 2.28. The van der Waals surface area contributed by atoms with Gasteiger partial charge in [0.2, 0.25) is 0 Å². The van der Waals surface area contributed by atoms with Crippen molar-refractivity contribution in [3.8, 4) is 0 Å². The molecule has 0 bridgehead atoms. The van der Waals surface area contributed by atoms with Crippen LogP contribution in [0.5, 0.6) is 0 Å². The molecule has 0 radical (unpaired) electrons. The van der Waals surface area contributed by atoms with E-state index in [0.29, 0.717) is 16.8 Å². The zero-order valence-electron chi connectivity index (χ0n) is 10.6. The Bertz CT molecular complexity index is 267. The average molecular weight is 304 g/mol. The fourth-order valence-corrected chi connectivity index (χ4v) is 4.22. The zero-order valence-corrected chi connectivity index (χ0v) is 12.2. The summed E-state index contributed by atoms with van der Waals surface area (Å²) in [4.78, 5) is 14.3. The highest BCUT2D eigenvalue weighted by molar-refractivity contribution is 9.09. The fraction of sp³-hybridized carbons (Fsp3) is 0.923. The molecule has 1 saturated heterocycles. The van der Waals surface area contributed by atoms with Crippen LogP contribution in [0.25, 0.3) is 0 Å².